The summed E-state index contributed by atoms with van der Waals surface area (Å²) in [6.07, 6.45) is 0. The summed E-state index contributed by atoms with van der Waals surface area (Å²) >= 11 is 0. The predicted molar refractivity (Wildman–Crippen MR) is 72.0 cm³/mol. The lowest BCUT2D eigenvalue weighted by Crippen LogP contribution is -2.13. The summed E-state index contributed by atoms with van der Waals surface area (Å²) in [6.45, 7) is 5.25. The van der Waals surface area contributed by atoms with E-state index in [-0.39, 0.29) is 12.4 Å². The van der Waals surface area contributed by atoms with Gasteiger partial charge in [-0.25, -0.2) is 4.79 Å². The van der Waals surface area contributed by atoms with E-state index in [1.807, 2.05) is 13.8 Å². The summed E-state index contributed by atoms with van der Waals surface area (Å²) in [6, 6.07) is 3.31. The zero-order valence-corrected chi connectivity index (χ0v) is 11.9. The van der Waals surface area contributed by atoms with Gasteiger partial charge in [0.25, 0.3) is 0 Å². The first-order chi connectivity index (χ1) is 9.45. The standard InChI is InChI=1S/C15H16O5/c1-8(2)14-13(17)10-5-6-11(9(3)15(10)20-14)19-7-12(16)18-4/h5-6H,7H2,1-4H3. The number of ketones is 1. The quantitative estimate of drug-likeness (QED) is 0.626. The monoisotopic (exact) mass is 276 g/mol. The second-order valence-corrected chi connectivity index (χ2v) is 4.69. The van der Waals surface area contributed by atoms with Gasteiger partial charge in [-0.1, -0.05) is 0 Å². The summed E-state index contributed by atoms with van der Waals surface area (Å²) in [5, 5.41) is 0. The van der Waals surface area contributed by atoms with Crippen LogP contribution in [0.4, 0.5) is 0 Å². The number of hydrogen-bond acceptors (Lipinski definition) is 5. The average molecular weight is 276 g/mol. The SMILES string of the molecule is COC(=O)COc1ccc2c(c1C)OC(=C(C)C)C2=O. The molecule has 0 N–H and O–H groups in total. The number of rotatable bonds is 3. The normalized spacial score (nSPS) is 12.8. The van der Waals surface area contributed by atoms with Gasteiger partial charge in [0.05, 0.1) is 12.7 Å². The lowest BCUT2D eigenvalue weighted by molar-refractivity contribution is -0.142. The van der Waals surface area contributed by atoms with Crippen LogP contribution >= 0.6 is 0 Å². The number of allylic oxidation sites excluding steroid dienone is 2. The Hall–Kier alpha value is -2.30. The molecule has 0 amide bonds. The van der Waals surface area contributed by atoms with Gasteiger partial charge in [0.2, 0.25) is 5.78 Å². The number of fused-ring (bicyclic) bond motifs is 1. The molecule has 1 aromatic rings. The first-order valence-electron chi connectivity index (χ1n) is 6.19. The smallest absolute Gasteiger partial charge is 0.343 e. The van der Waals surface area contributed by atoms with Gasteiger partial charge in [0.1, 0.15) is 11.5 Å². The van der Waals surface area contributed by atoms with E-state index in [1.54, 1.807) is 19.1 Å². The van der Waals surface area contributed by atoms with Crippen molar-refractivity contribution in [3.05, 3.63) is 34.6 Å². The molecular weight excluding hydrogens is 260 g/mol. The molecule has 0 fully saturated rings. The molecule has 106 valence electrons. The highest BCUT2D eigenvalue weighted by Crippen LogP contribution is 2.39. The lowest BCUT2D eigenvalue weighted by atomic mass is 10.1. The number of esters is 1. The molecule has 0 saturated carbocycles. The van der Waals surface area contributed by atoms with Gasteiger partial charge in [-0.3, -0.25) is 4.79 Å². The Kier molecular flexibility index (Phi) is 3.79. The van der Waals surface area contributed by atoms with Crippen molar-refractivity contribution in [3.63, 3.8) is 0 Å². The van der Waals surface area contributed by atoms with Gasteiger partial charge in [-0.2, -0.15) is 0 Å². The Bertz CT molecular complexity index is 609. The number of carbonyl (C=O) groups excluding carboxylic acids is 2. The molecule has 1 heterocycles. The van der Waals surface area contributed by atoms with Crippen LogP contribution < -0.4 is 9.47 Å². The lowest BCUT2D eigenvalue weighted by Gasteiger charge is -2.10. The van der Waals surface area contributed by atoms with Crippen molar-refractivity contribution < 1.29 is 23.8 Å². The molecule has 0 aromatic heterocycles. The third-order valence-electron chi connectivity index (χ3n) is 3.04. The van der Waals surface area contributed by atoms with E-state index >= 15 is 0 Å². The van der Waals surface area contributed by atoms with E-state index in [1.165, 1.54) is 7.11 Å². The maximum absolute atomic E-state index is 12.1. The molecule has 1 aliphatic rings. The van der Waals surface area contributed by atoms with E-state index in [2.05, 4.69) is 4.74 Å². The van der Waals surface area contributed by atoms with Crippen LogP contribution in [0.1, 0.15) is 29.8 Å². The Labute approximate surface area is 117 Å². The molecule has 0 aliphatic carbocycles. The van der Waals surface area contributed by atoms with Gasteiger partial charge in [0.15, 0.2) is 12.4 Å². The number of benzene rings is 1. The molecule has 0 radical (unpaired) electrons. The Morgan fingerprint density at radius 3 is 2.60 bits per heavy atom. The largest absolute Gasteiger partial charge is 0.481 e. The number of hydrogen-bond donors (Lipinski definition) is 0. The highest BCUT2D eigenvalue weighted by atomic mass is 16.6. The molecular formula is C15H16O5. The highest BCUT2D eigenvalue weighted by molar-refractivity contribution is 6.13. The zero-order valence-electron chi connectivity index (χ0n) is 11.9. The van der Waals surface area contributed by atoms with Crippen LogP contribution in [0, 0.1) is 6.92 Å². The van der Waals surface area contributed by atoms with E-state index in [4.69, 9.17) is 9.47 Å². The summed E-state index contributed by atoms with van der Waals surface area (Å²) in [5.41, 5.74) is 2.03. The molecule has 1 aromatic carbocycles. The third kappa shape index (κ3) is 2.39. The van der Waals surface area contributed by atoms with E-state index in [0.29, 0.717) is 28.4 Å². The molecule has 0 saturated heterocycles. The predicted octanol–water partition coefficient (Wildman–Crippen LogP) is 2.42. The third-order valence-corrected chi connectivity index (χ3v) is 3.04. The molecule has 2 rings (SSSR count). The van der Waals surface area contributed by atoms with Crippen molar-refractivity contribution in [2.45, 2.75) is 20.8 Å². The van der Waals surface area contributed by atoms with E-state index in [9.17, 15) is 9.59 Å². The fraction of sp³-hybridized carbons (Fsp3) is 0.333. The second-order valence-electron chi connectivity index (χ2n) is 4.69. The Morgan fingerprint density at radius 1 is 1.30 bits per heavy atom. The minimum Gasteiger partial charge on any atom is -0.481 e. The number of methoxy groups -OCH3 is 1. The highest BCUT2D eigenvalue weighted by Gasteiger charge is 2.30. The molecule has 0 atom stereocenters. The van der Waals surface area contributed by atoms with Crippen LogP contribution in [0.25, 0.3) is 0 Å². The molecule has 0 spiro atoms. The van der Waals surface area contributed by atoms with E-state index < -0.39 is 5.97 Å². The van der Waals surface area contributed by atoms with Crippen LogP contribution in [0.2, 0.25) is 0 Å². The first kappa shape index (κ1) is 14.1. The minimum absolute atomic E-state index is 0.123. The van der Waals surface area contributed by atoms with Crippen LogP contribution in [0.3, 0.4) is 0 Å². The van der Waals surface area contributed by atoms with Crippen LogP contribution in [0.5, 0.6) is 11.5 Å². The van der Waals surface area contributed by atoms with Gasteiger partial charge >= 0.3 is 5.97 Å². The number of ether oxygens (including phenoxy) is 3. The first-order valence-corrected chi connectivity index (χ1v) is 6.19. The van der Waals surface area contributed by atoms with Gasteiger partial charge < -0.3 is 14.2 Å². The van der Waals surface area contributed by atoms with Crippen molar-refractivity contribution in [3.8, 4) is 11.5 Å². The Morgan fingerprint density at radius 2 is 2.00 bits per heavy atom. The van der Waals surface area contributed by atoms with Gasteiger partial charge in [-0.15, -0.1) is 0 Å². The van der Waals surface area contributed by atoms with Crippen LogP contribution in [0.15, 0.2) is 23.5 Å². The fourth-order valence-corrected chi connectivity index (χ4v) is 1.94. The van der Waals surface area contributed by atoms with Gasteiger partial charge in [0, 0.05) is 5.56 Å². The minimum atomic E-state index is -0.466. The van der Waals surface area contributed by atoms with Crippen molar-refractivity contribution in [1.82, 2.24) is 0 Å². The Balaban J connectivity index is 2.32. The summed E-state index contributed by atoms with van der Waals surface area (Å²) in [5.74, 6) is 0.758. The second kappa shape index (κ2) is 5.36. The summed E-state index contributed by atoms with van der Waals surface area (Å²) in [4.78, 5) is 23.2. The topological polar surface area (TPSA) is 61.8 Å². The number of carbonyl (C=O) groups is 2. The molecule has 20 heavy (non-hydrogen) atoms. The van der Waals surface area contributed by atoms with Crippen LogP contribution in [-0.4, -0.2) is 25.5 Å². The molecule has 0 unspecified atom stereocenters. The van der Waals surface area contributed by atoms with Crippen molar-refractivity contribution in [2.75, 3.05) is 13.7 Å². The molecule has 5 heteroatoms. The fourth-order valence-electron chi connectivity index (χ4n) is 1.94. The van der Waals surface area contributed by atoms with Crippen molar-refractivity contribution >= 4 is 11.8 Å². The zero-order chi connectivity index (χ0) is 14.9. The van der Waals surface area contributed by atoms with E-state index in [0.717, 1.165) is 5.57 Å². The van der Waals surface area contributed by atoms with Gasteiger partial charge in [-0.05, 0) is 38.5 Å². The number of Topliss-reactive ketones (excluding diaryl/α,β-unsaturated/α-hetero) is 1. The van der Waals surface area contributed by atoms with Crippen LogP contribution in [-0.2, 0) is 9.53 Å². The summed E-state index contributed by atoms with van der Waals surface area (Å²) in [7, 11) is 1.30. The molecule has 1 aliphatic heterocycles. The average Bonchev–Trinajstić information content (AvgIpc) is 2.76. The summed E-state index contributed by atoms with van der Waals surface area (Å²) < 4.78 is 15.5. The van der Waals surface area contributed by atoms with Crippen molar-refractivity contribution in [1.29, 1.82) is 0 Å². The van der Waals surface area contributed by atoms with Crippen molar-refractivity contribution in [2.24, 2.45) is 0 Å². The maximum atomic E-state index is 12.1. The molecule has 0 bridgehead atoms. The maximum Gasteiger partial charge on any atom is 0.343 e. The molecule has 5 nitrogen and oxygen atoms in total.